The number of nitrogens with one attached hydrogen (secondary N) is 4. The van der Waals surface area contributed by atoms with Crippen molar-refractivity contribution < 1.29 is 19.5 Å². The van der Waals surface area contributed by atoms with Gasteiger partial charge in [0.05, 0.1) is 24.7 Å². The van der Waals surface area contributed by atoms with Crippen LogP contribution in [0.5, 0.6) is 0 Å². The van der Waals surface area contributed by atoms with E-state index in [0.29, 0.717) is 16.8 Å². The van der Waals surface area contributed by atoms with E-state index >= 15 is 0 Å². The molecule has 2 aromatic carbocycles. The van der Waals surface area contributed by atoms with Gasteiger partial charge in [0.15, 0.2) is 11.1 Å². The Bertz CT molecular complexity index is 1150. The maximum absolute atomic E-state index is 12.8. The Morgan fingerprint density at radius 1 is 1.06 bits per heavy atom. The Hall–Kier alpha value is -4.25. The molecule has 3 aromatic rings. The fraction of sp³-hybridized carbons (Fsp3) is 0.136. The summed E-state index contributed by atoms with van der Waals surface area (Å²) in [5.41, 5.74) is 7.09. The van der Waals surface area contributed by atoms with Crippen molar-refractivity contribution in [1.29, 1.82) is 5.41 Å². The Morgan fingerprint density at radius 3 is 2.30 bits per heavy atom. The van der Waals surface area contributed by atoms with Crippen LogP contribution in [0, 0.1) is 5.41 Å². The lowest BCUT2D eigenvalue weighted by atomic mass is 10.0. The zero-order valence-electron chi connectivity index (χ0n) is 17.4. The van der Waals surface area contributed by atoms with Crippen molar-refractivity contribution in [2.75, 3.05) is 11.9 Å². The van der Waals surface area contributed by atoms with E-state index in [-0.39, 0.29) is 28.9 Å². The van der Waals surface area contributed by atoms with Crippen molar-refractivity contribution in [2.24, 2.45) is 5.73 Å². The van der Waals surface area contributed by atoms with Crippen LogP contribution in [0.4, 0.5) is 5.13 Å². The van der Waals surface area contributed by atoms with Gasteiger partial charge in [-0.1, -0.05) is 72.0 Å². The average Bonchev–Trinajstić information content (AvgIpc) is 3.21. The van der Waals surface area contributed by atoms with Crippen molar-refractivity contribution in [1.82, 2.24) is 15.6 Å². The van der Waals surface area contributed by atoms with E-state index in [1.807, 2.05) is 6.07 Å². The molecule has 33 heavy (non-hydrogen) atoms. The van der Waals surface area contributed by atoms with Crippen LogP contribution in [0.2, 0.25) is 0 Å². The van der Waals surface area contributed by atoms with Crippen molar-refractivity contribution >= 4 is 40.2 Å². The first-order valence-electron chi connectivity index (χ1n) is 9.85. The van der Waals surface area contributed by atoms with Gasteiger partial charge in [-0.05, 0) is 5.56 Å². The van der Waals surface area contributed by atoms with E-state index in [9.17, 15) is 19.5 Å². The van der Waals surface area contributed by atoms with Crippen molar-refractivity contribution in [2.45, 2.75) is 12.5 Å². The van der Waals surface area contributed by atoms with Crippen molar-refractivity contribution in [3.8, 4) is 11.3 Å². The molecule has 1 atom stereocenters. The number of benzene rings is 2. The predicted octanol–water partition coefficient (Wildman–Crippen LogP) is 2.18. The quantitative estimate of drug-likeness (QED) is 0.207. The zero-order valence-corrected chi connectivity index (χ0v) is 18.2. The summed E-state index contributed by atoms with van der Waals surface area (Å²) in [4.78, 5) is 41.1. The minimum absolute atomic E-state index is 0.239. The van der Waals surface area contributed by atoms with Crippen LogP contribution in [-0.2, 0) is 9.59 Å². The molecule has 1 unspecified atom stereocenters. The fourth-order valence-corrected chi connectivity index (χ4v) is 3.95. The van der Waals surface area contributed by atoms with Crippen LogP contribution in [0.3, 0.4) is 0 Å². The summed E-state index contributed by atoms with van der Waals surface area (Å²) in [5.74, 6) is -2.45. The minimum Gasteiger partial charge on any atom is -0.481 e. The van der Waals surface area contributed by atoms with Gasteiger partial charge in [-0.25, -0.2) is 4.98 Å². The summed E-state index contributed by atoms with van der Waals surface area (Å²) in [6.45, 7) is -0.358. The number of carboxylic acid groups (broad SMARTS) is 1. The van der Waals surface area contributed by atoms with Crippen LogP contribution < -0.4 is 21.7 Å². The van der Waals surface area contributed by atoms with Crippen LogP contribution in [0.1, 0.15) is 27.7 Å². The van der Waals surface area contributed by atoms with Gasteiger partial charge in [-0.15, -0.1) is 0 Å². The number of hydrogen-bond donors (Lipinski definition) is 6. The van der Waals surface area contributed by atoms with Gasteiger partial charge in [0.1, 0.15) is 4.88 Å². The summed E-state index contributed by atoms with van der Waals surface area (Å²) in [6.07, 6.45) is -0.295. The molecule has 2 amide bonds. The van der Waals surface area contributed by atoms with E-state index in [1.54, 1.807) is 54.6 Å². The second-order valence-corrected chi connectivity index (χ2v) is 7.91. The highest BCUT2D eigenvalue weighted by atomic mass is 32.1. The van der Waals surface area contributed by atoms with E-state index < -0.39 is 23.8 Å². The molecule has 0 spiro atoms. The summed E-state index contributed by atoms with van der Waals surface area (Å²) in [6, 6.07) is 17.0. The maximum atomic E-state index is 12.8. The number of thiazole rings is 1. The van der Waals surface area contributed by atoms with Gasteiger partial charge in [-0.2, -0.15) is 0 Å². The first-order chi connectivity index (χ1) is 15.8. The SMILES string of the molecule is N=C(N)Nc1nc(-c2ccccc2)c(C(=O)NCC(=O)NC(CC(=O)O)c2ccccc2)s1. The number of aromatic nitrogens is 1. The molecule has 1 heterocycles. The number of guanidine groups is 1. The topological polar surface area (TPSA) is 170 Å². The molecule has 3 rings (SSSR count). The molecular weight excluding hydrogens is 444 g/mol. The lowest BCUT2D eigenvalue weighted by Gasteiger charge is -2.17. The molecule has 0 aliphatic carbocycles. The molecule has 7 N–H and O–H groups in total. The molecule has 11 heteroatoms. The molecule has 0 saturated heterocycles. The van der Waals surface area contributed by atoms with Crippen LogP contribution in [0.25, 0.3) is 11.3 Å². The lowest BCUT2D eigenvalue weighted by Crippen LogP contribution is -2.39. The van der Waals surface area contributed by atoms with E-state index in [2.05, 4.69) is 20.9 Å². The van der Waals surface area contributed by atoms with Gasteiger partial charge in [0.2, 0.25) is 5.91 Å². The number of carboxylic acids is 1. The van der Waals surface area contributed by atoms with E-state index in [4.69, 9.17) is 11.1 Å². The Balaban J connectivity index is 1.71. The highest BCUT2D eigenvalue weighted by Gasteiger charge is 2.22. The molecule has 0 aliphatic rings. The number of carbonyl (C=O) groups is 3. The first-order valence-corrected chi connectivity index (χ1v) is 10.7. The fourth-order valence-electron chi connectivity index (χ4n) is 3.03. The number of carbonyl (C=O) groups excluding carboxylic acids is 2. The minimum atomic E-state index is -1.06. The number of anilines is 1. The summed E-state index contributed by atoms with van der Waals surface area (Å²) < 4.78 is 0. The third-order valence-corrected chi connectivity index (χ3v) is 5.42. The Morgan fingerprint density at radius 2 is 1.70 bits per heavy atom. The van der Waals surface area contributed by atoms with Crippen molar-refractivity contribution in [3.05, 3.63) is 71.1 Å². The Kier molecular flexibility index (Phi) is 7.71. The van der Waals surface area contributed by atoms with Crippen molar-refractivity contribution in [3.63, 3.8) is 0 Å². The highest BCUT2D eigenvalue weighted by Crippen LogP contribution is 2.31. The lowest BCUT2D eigenvalue weighted by molar-refractivity contribution is -0.137. The molecule has 0 radical (unpaired) electrons. The van der Waals surface area contributed by atoms with Gasteiger partial charge >= 0.3 is 5.97 Å². The van der Waals surface area contributed by atoms with Gasteiger partial charge < -0.3 is 26.8 Å². The number of rotatable bonds is 9. The maximum Gasteiger partial charge on any atom is 0.305 e. The normalized spacial score (nSPS) is 11.3. The average molecular weight is 467 g/mol. The monoisotopic (exact) mass is 466 g/mol. The molecule has 170 valence electrons. The third-order valence-electron chi connectivity index (χ3n) is 4.45. The molecule has 10 nitrogen and oxygen atoms in total. The van der Waals surface area contributed by atoms with Gasteiger partial charge in [0.25, 0.3) is 5.91 Å². The van der Waals surface area contributed by atoms with E-state index in [1.165, 1.54) is 0 Å². The predicted molar refractivity (Wildman–Crippen MR) is 125 cm³/mol. The van der Waals surface area contributed by atoms with Gasteiger partial charge in [0, 0.05) is 5.56 Å². The second-order valence-electron chi connectivity index (χ2n) is 6.91. The molecule has 0 aliphatic heterocycles. The van der Waals surface area contributed by atoms with Crippen LogP contribution >= 0.6 is 11.3 Å². The molecule has 0 fully saturated rings. The number of aliphatic carboxylic acids is 1. The number of amides is 2. The second kappa shape index (κ2) is 10.9. The first kappa shape index (κ1) is 23.4. The summed E-state index contributed by atoms with van der Waals surface area (Å²) in [7, 11) is 0. The highest BCUT2D eigenvalue weighted by molar-refractivity contribution is 7.18. The standard InChI is InChI=1S/C22H22N6O4S/c23-21(24)28-22-27-18(14-9-5-2-6-10-14)19(33-22)20(32)25-12-16(29)26-15(11-17(30)31)13-7-3-1-4-8-13/h1-10,15H,11-12H2,(H,25,32)(H,26,29)(H,30,31)(H4,23,24,27,28). The molecule has 0 bridgehead atoms. The summed E-state index contributed by atoms with van der Waals surface area (Å²) >= 11 is 0.997. The summed E-state index contributed by atoms with van der Waals surface area (Å²) in [5, 5.41) is 24.6. The van der Waals surface area contributed by atoms with Crippen LogP contribution in [-0.4, -0.2) is 40.4 Å². The van der Waals surface area contributed by atoms with E-state index in [0.717, 1.165) is 11.3 Å². The smallest absolute Gasteiger partial charge is 0.305 e. The number of nitrogens with two attached hydrogens (primary N) is 1. The number of nitrogens with zero attached hydrogens (tertiary/aromatic N) is 1. The van der Waals surface area contributed by atoms with Gasteiger partial charge in [-0.3, -0.25) is 19.8 Å². The Labute approximate surface area is 193 Å². The van der Waals surface area contributed by atoms with Crippen LogP contribution in [0.15, 0.2) is 60.7 Å². The molecule has 1 aromatic heterocycles. The zero-order chi connectivity index (χ0) is 23.8. The number of hydrogen-bond acceptors (Lipinski definition) is 6. The third kappa shape index (κ3) is 6.61. The molecule has 0 saturated carbocycles. The largest absolute Gasteiger partial charge is 0.481 e. The molecular formula is C22H22N6O4S.